The first kappa shape index (κ1) is 15.9. The van der Waals surface area contributed by atoms with Gasteiger partial charge in [-0.05, 0) is 25.4 Å². The van der Waals surface area contributed by atoms with Crippen LogP contribution in [0.1, 0.15) is 34.1 Å². The lowest BCUT2D eigenvalue weighted by Gasteiger charge is -2.20. The Balaban J connectivity index is 3.33. The van der Waals surface area contributed by atoms with Crippen molar-refractivity contribution in [3.63, 3.8) is 0 Å². The van der Waals surface area contributed by atoms with Crippen LogP contribution in [0.3, 0.4) is 0 Å². The topological polar surface area (TPSA) is 24.5 Å². The van der Waals surface area contributed by atoms with E-state index in [2.05, 4.69) is 37.9 Å². The van der Waals surface area contributed by atoms with Gasteiger partial charge in [-0.2, -0.15) is 0 Å². The smallest absolute Gasteiger partial charge is 0.0593 e. The molecule has 0 heterocycles. The molecule has 0 aliphatic carbocycles. The highest BCUT2D eigenvalue weighted by molar-refractivity contribution is 4.57. The Labute approximate surface area is 102 Å². The molecule has 16 heavy (non-hydrogen) atoms. The highest BCUT2D eigenvalue weighted by Gasteiger charge is 2.01. The van der Waals surface area contributed by atoms with E-state index < -0.39 is 0 Å². The van der Waals surface area contributed by atoms with Gasteiger partial charge in [0, 0.05) is 26.2 Å². The largest absolute Gasteiger partial charge is 0.380 e. The number of nitrogens with zero attached hydrogens (tertiary/aromatic N) is 1. The van der Waals surface area contributed by atoms with Crippen molar-refractivity contribution >= 4 is 0 Å². The van der Waals surface area contributed by atoms with E-state index in [0.717, 1.165) is 51.9 Å². The van der Waals surface area contributed by atoms with E-state index >= 15 is 0 Å². The van der Waals surface area contributed by atoms with Crippen molar-refractivity contribution in [3.05, 3.63) is 0 Å². The summed E-state index contributed by atoms with van der Waals surface area (Å²) in [4.78, 5) is 2.43. The molecule has 0 aromatic heterocycles. The Hall–Kier alpha value is -0.120. The van der Waals surface area contributed by atoms with Gasteiger partial charge < -0.3 is 15.0 Å². The molecular weight excluding hydrogens is 200 g/mol. The summed E-state index contributed by atoms with van der Waals surface area (Å²) in [6.07, 6.45) is 1.17. The van der Waals surface area contributed by atoms with Gasteiger partial charge in [0.15, 0.2) is 0 Å². The molecule has 0 bridgehead atoms. The average Bonchev–Trinajstić information content (AvgIpc) is 2.26. The Bertz CT molecular complexity index is 140. The standard InChI is InChI=1S/C13H30N2O/c1-5-14-8-9-15(6-2)10-12-16-11-7-13(3)4/h13-14H,5-12H2,1-4H3. The van der Waals surface area contributed by atoms with Crippen molar-refractivity contribution in [2.24, 2.45) is 5.92 Å². The van der Waals surface area contributed by atoms with Crippen molar-refractivity contribution in [1.29, 1.82) is 0 Å². The normalized spacial score (nSPS) is 11.6. The van der Waals surface area contributed by atoms with Crippen molar-refractivity contribution < 1.29 is 4.74 Å². The van der Waals surface area contributed by atoms with Gasteiger partial charge in [0.1, 0.15) is 0 Å². The molecule has 0 saturated heterocycles. The molecule has 0 aromatic rings. The molecule has 0 spiro atoms. The SMILES string of the molecule is CCNCCN(CC)CCOCCC(C)C. The van der Waals surface area contributed by atoms with Gasteiger partial charge in [0.25, 0.3) is 0 Å². The zero-order valence-corrected chi connectivity index (χ0v) is 11.6. The molecule has 0 rings (SSSR count). The highest BCUT2D eigenvalue weighted by atomic mass is 16.5. The predicted molar refractivity (Wildman–Crippen MR) is 70.9 cm³/mol. The first-order valence-electron chi connectivity index (χ1n) is 6.71. The van der Waals surface area contributed by atoms with Crippen LogP contribution in [0.4, 0.5) is 0 Å². The van der Waals surface area contributed by atoms with Crippen LogP contribution in [-0.4, -0.2) is 50.8 Å². The number of ether oxygens (including phenoxy) is 1. The fourth-order valence-corrected chi connectivity index (χ4v) is 1.46. The molecule has 0 atom stereocenters. The maximum absolute atomic E-state index is 5.62. The Morgan fingerprint density at radius 2 is 1.88 bits per heavy atom. The van der Waals surface area contributed by atoms with Gasteiger partial charge in [-0.3, -0.25) is 0 Å². The second-order valence-electron chi connectivity index (χ2n) is 4.58. The highest BCUT2D eigenvalue weighted by Crippen LogP contribution is 1.98. The van der Waals surface area contributed by atoms with Crippen LogP contribution >= 0.6 is 0 Å². The average molecular weight is 230 g/mol. The van der Waals surface area contributed by atoms with Crippen molar-refractivity contribution in [3.8, 4) is 0 Å². The quantitative estimate of drug-likeness (QED) is 0.549. The summed E-state index contributed by atoms with van der Waals surface area (Å²) < 4.78 is 5.62. The van der Waals surface area contributed by atoms with Crippen LogP contribution in [0.15, 0.2) is 0 Å². The Morgan fingerprint density at radius 3 is 2.44 bits per heavy atom. The van der Waals surface area contributed by atoms with Gasteiger partial charge in [-0.1, -0.05) is 27.7 Å². The molecule has 1 N–H and O–H groups in total. The van der Waals surface area contributed by atoms with Gasteiger partial charge in [0.05, 0.1) is 6.61 Å². The third-order valence-electron chi connectivity index (χ3n) is 2.69. The lowest BCUT2D eigenvalue weighted by molar-refractivity contribution is 0.0978. The van der Waals surface area contributed by atoms with Crippen LogP contribution < -0.4 is 5.32 Å². The second kappa shape index (κ2) is 11.4. The van der Waals surface area contributed by atoms with Crippen LogP contribution in [0.25, 0.3) is 0 Å². The first-order chi connectivity index (χ1) is 7.70. The molecule has 3 nitrogen and oxygen atoms in total. The zero-order chi connectivity index (χ0) is 12.2. The molecule has 3 heteroatoms. The van der Waals surface area contributed by atoms with E-state index in [1.807, 2.05) is 0 Å². The molecule has 0 fully saturated rings. The number of hydrogen-bond acceptors (Lipinski definition) is 3. The molecular formula is C13H30N2O. The van der Waals surface area contributed by atoms with E-state index in [4.69, 9.17) is 4.74 Å². The summed E-state index contributed by atoms with van der Waals surface area (Å²) in [5.41, 5.74) is 0. The summed E-state index contributed by atoms with van der Waals surface area (Å²) in [7, 11) is 0. The van der Waals surface area contributed by atoms with Gasteiger partial charge in [-0.15, -0.1) is 0 Å². The van der Waals surface area contributed by atoms with Crippen LogP contribution in [-0.2, 0) is 4.74 Å². The second-order valence-corrected chi connectivity index (χ2v) is 4.58. The fourth-order valence-electron chi connectivity index (χ4n) is 1.46. The minimum Gasteiger partial charge on any atom is -0.380 e. The molecule has 98 valence electrons. The van der Waals surface area contributed by atoms with E-state index in [-0.39, 0.29) is 0 Å². The summed E-state index contributed by atoms with van der Waals surface area (Å²) in [6.45, 7) is 16.0. The van der Waals surface area contributed by atoms with E-state index in [9.17, 15) is 0 Å². The predicted octanol–water partition coefficient (Wildman–Crippen LogP) is 1.98. The third kappa shape index (κ3) is 10.4. The molecule has 0 radical (unpaired) electrons. The summed E-state index contributed by atoms with van der Waals surface area (Å²) in [5.74, 6) is 0.746. The van der Waals surface area contributed by atoms with Crippen molar-refractivity contribution in [1.82, 2.24) is 10.2 Å². The number of rotatable bonds is 11. The Morgan fingerprint density at radius 1 is 1.12 bits per heavy atom. The molecule has 0 amide bonds. The molecule has 0 saturated carbocycles. The zero-order valence-electron chi connectivity index (χ0n) is 11.6. The molecule has 0 aliphatic rings. The number of nitrogens with one attached hydrogen (secondary N) is 1. The van der Waals surface area contributed by atoms with Gasteiger partial charge in [-0.25, -0.2) is 0 Å². The van der Waals surface area contributed by atoms with Gasteiger partial charge in [0.2, 0.25) is 0 Å². The summed E-state index contributed by atoms with van der Waals surface area (Å²) in [6, 6.07) is 0. The van der Waals surface area contributed by atoms with Crippen LogP contribution in [0.2, 0.25) is 0 Å². The van der Waals surface area contributed by atoms with E-state index in [1.165, 1.54) is 6.42 Å². The summed E-state index contributed by atoms with van der Waals surface area (Å²) >= 11 is 0. The van der Waals surface area contributed by atoms with Gasteiger partial charge >= 0.3 is 0 Å². The molecule has 0 aromatic carbocycles. The first-order valence-corrected chi connectivity index (χ1v) is 6.71. The number of likely N-dealkylation sites (N-methyl/N-ethyl adjacent to an activating group) is 2. The lowest BCUT2D eigenvalue weighted by Crippen LogP contribution is -2.34. The number of hydrogen-bond donors (Lipinski definition) is 1. The van der Waals surface area contributed by atoms with Crippen molar-refractivity contribution in [2.75, 3.05) is 45.9 Å². The minimum atomic E-state index is 0.746. The van der Waals surface area contributed by atoms with Crippen LogP contribution in [0.5, 0.6) is 0 Å². The lowest BCUT2D eigenvalue weighted by atomic mass is 10.1. The van der Waals surface area contributed by atoms with E-state index in [1.54, 1.807) is 0 Å². The molecule has 0 aliphatic heterocycles. The minimum absolute atomic E-state index is 0.746. The Kier molecular flexibility index (Phi) is 11.3. The van der Waals surface area contributed by atoms with E-state index in [0.29, 0.717) is 0 Å². The monoisotopic (exact) mass is 230 g/mol. The maximum Gasteiger partial charge on any atom is 0.0593 e. The van der Waals surface area contributed by atoms with Crippen molar-refractivity contribution in [2.45, 2.75) is 34.1 Å². The van der Waals surface area contributed by atoms with Crippen LogP contribution in [0, 0.1) is 5.92 Å². The maximum atomic E-state index is 5.62. The third-order valence-corrected chi connectivity index (χ3v) is 2.69. The fraction of sp³-hybridized carbons (Fsp3) is 1.00. The summed E-state index contributed by atoms with van der Waals surface area (Å²) in [5, 5.41) is 3.35. The molecule has 0 unspecified atom stereocenters.